The minimum absolute atomic E-state index is 0.0948. The standard InChI is InChI=1S/C23H26N2O3S/c26-23(13-10-19-6-2-1-3-7-19)24-14-16-25(17-15-24)29(27,28)22-12-11-20-8-4-5-9-21(20)18-22/h1-9,11,18,22H,10,12-17H2. The van der Waals surface area contributed by atoms with Gasteiger partial charge in [-0.1, -0.05) is 66.7 Å². The normalized spacial score (nSPS) is 19.7. The number of hydrogen-bond donors (Lipinski definition) is 0. The van der Waals surface area contributed by atoms with Gasteiger partial charge in [-0.2, -0.15) is 4.31 Å². The SMILES string of the molecule is O=C(CCc1ccccc1)N1CCN(S(=O)(=O)C2C=c3ccccc3=CC2)CC1. The number of amides is 1. The molecule has 1 unspecified atom stereocenters. The first-order chi connectivity index (χ1) is 14.0. The van der Waals surface area contributed by atoms with Gasteiger partial charge in [-0.25, -0.2) is 8.42 Å². The van der Waals surface area contributed by atoms with E-state index in [0.717, 1.165) is 16.0 Å². The molecule has 1 atom stereocenters. The van der Waals surface area contributed by atoms with Crippen molar-refractivity contribution < 1.29 is 13.2 Å². The molecule has 0 N–H and O–H groups in total. The lowest BCUT2D eigenvalue weighted by atomic mass is 10.1. The lowest BCUT2D eigenvalue weighted by Crippen LogP contribution is -2.52. The van der Waals surface area contributed by atoms with Crippen molar-refractivity contribution in [1.29, 1.82) is 0 Å². The highest BCUT2D eigenvalue weighted by atomic mass is 32.2. The lowest BCUT2D eigenvalue weighted by molar-refractivity contribution is -0.132. The van der Waals surface area contributed by atoms with Crippen molar-refractivity contribution in [2.45, 2.75) is 24.5 Å². The van der Waals surface area contributed by atoms with Gasteiger partial charge in [-0.15, -0.1) is 0 Å². The number of sulfonamides is 1. The molecule has 1 amide bonds. The number of nitrogens with zero attached hydrogens (tertiary/aromatic N) is 2. The molecule has 5 nitrogen and oxygen atoms in total. The van der Waals surface area contributed by atoms with E-state index < -0.39 is 15.3 Å². The van der Waals surface area contributed by atoms with Gasteiger partial charge >= 0.3 is 0 Å². The van der Waals surface area contributed by atoms with Crippen LogP contribution >= 0.6 is 0 Å². The summed E-state index contributed by atoms with van der Waals surface area (Å²) in [5.74, 6) is 0.0948. The number of carbonyl (C=O) groups is 1. The summed E-state index contributed by atoms with van der Waals surface area (Å²) in [4.78, 5) is 14.3. The van der Waals surface area contributed by atoms with E-state index in [1.165, 1.54) is 0 Å². The van der Waals surface area contributed by atoms with Gasteiger partial charge in [0.1, 0.15) is 0 Å². The molecule has 0 spiro atoms. The topological polar surface area (TPSA) is 57.7 Å². The first kappa shape index (κ1) is 19.9. The highest BCUT2D eigenvalue weighted by molar-refractivity contribution is 7.90. The van der Waals surface area contributed by atoms with E-state index in [-0.39, 0.29) is 5.91 Å². The largest absolute Gasteiger partial charge is 0.340 e. The van der Waals surface area contributed by atoms with Gasteiger partial charge in [-0.3, -0.25) is 4.79 Å². The second-order valence-electron chi connectivity index (χ2n) is 7.58. The zero-order valence-electron chi connectivity index (χ0n) is 16.4. The molecule has 0 radical (unpaired) electrons. The zero-order chi connectivity index (χ0) is 20.3. The Morgan fingerprint density at radius 3 is 2.28 bits per heavy atom. The number of rotatable bonds is 5. The average molecular weight is 411 g/mol. The first-order valence-electron chi connectivity index (χ1n) is 10.1. The van der Waals surface area contributed by atoms with Crippen LogP contribution in [0.15, 0.2) is 54.6 Å². The number of aryl methyl sites for hydroxylation is 1. The maximum absolute atomic E-state index is 13.1. The third-order valence-electron chi connectivity index (χ3n) is 5.74. The first-order valence-corrected chi connectivity index (χ1v) is 11.6. The molecule has 1 fully saturated rings. The second-order valence-corrected chi connectivity index (χ2v) is 9.74. The highest BCUT2D eigenvalue weighted by Gasteiger charge is 2.33. The molecule has 2 aliphatic rings. The molecule has 2 aromatic rings. The van der Waals surface area contributed by atoms with Crippen LogP contribution in [0, 0.1) is 0 Å². The van der Waals surface area contributed by atoms with Gasteiger partial charge in [-0.05, 0) is 28.8 Å². The van der Waals surface area contributed by atoms with E-state index in [1.807, 2.05) is 66.7 Å². The predicted molar refractivity (Wildman–Crippen MR) is 115 cm³/mol. The van der Waals surface area contributed by atoms with Crippen LogP contribution in [0.4, 0.5) is 0 Å². The van der Waals surface area contributed by atoms with E-state index in [2.05, 4.69) is 0 Å². The van der Waals surface area contributed by atoms with Crippen molar-refractivity contribution in [3.05, 3.63) is 70.6 Å². The van der Waals surface area contributed by atoms with Crippen LogP contribution in [0.2, 0.25) is 0 Å². The maximum Gasteiger partial charge on any atom is 0.222 e. The van der Waals surface area contributed by atoms with E-state index in [0.29, 0.717) is 45.4 Å². The van der Waals surface area contributed by atoms with Gasteiger partial charge < -0.3 is 4.90 Å². The Morgan fingerprint density at radius 1 is 0.897 bits per heavy atom. The molecule has 1 aliphatic heterocycles. The molecular weight excluding hydrogens is 384 g/mol. The minimum Gasteiger partial charge on any atom is -0.340 e. The number of fused-ring (bicyclic) bond motifs is 1. The fraction of sp³-hybridized carbons (Fsp3) is 0.348. The van der Waals surface area contributed by atoms with Crippen molar-refractivity contribution in [1.82, 2.24) is 9.21 Å². The molecule has 1 heterocycles. The van der Waals surface area contributed by atoms with Crippen molar-refractivity contribution in [3.8, 4) is 0 Å². The number of carbonyl (C=O) groups excluding carboxylic acids is 1. The third kappa shape index (κ3) is 4.43. The van der Waals surface area contributed by atoms with E-state index in [1.54, 1.807) is 9.21 Å². The third-order valence-corrected chi connectivity index (χ3v) is 7.91. The van der Waals surface area contributed by atoms with E-state index >= 15 is 0 Å². The summed E-state index contributed by atoms with van der Waals surface area (Å²) in [6.07, 6.45) is 5.53. The van der Waals surface area contributed by atoms with Crippen LogP contribution in [-0.2, 0) is 21.2 Å². The molecule has 6 heteroatoms. The second kappa shape index (κ2) is 8.51. The highest BCUT2D eigenvalue weighted by Crippen LogP contribution is 2.18. The van der Waals surface area contributed by atoms with Gasteiger partial charge in [0.15, 0.2) is 0 Å². The minimum atomic E-state index is -3.42. The molecule has 29 heavy (non-hydrogen) atoms. The Hall–Kier alpha value is -2.44. The summed E-state index contributed by atoms with van der Waals surface area (Å²) in [5, 5.41) is 1.53. The fourth-order valence-corrected chi connectivity index (χ4v) is 5.72. The van der Waals surface area contributed by atoms with Crippen LogP contribution in [0.1, 0.15) is 18.4 Å². The Balaban J connectivity index is 1.35. The smallest absolute Gasteiger partial charge is 0.222 e. The Kier molecular flexibility index (Phi) is 5.83. The summed E-state index contributed by atoms with van der Waals surface area (Å²) in [5.41, 5.74) is 1.14. The van der Waals surface area contributed by atoms with Crippen LogP contribution < -0.4 is 10.4 Å². The quantitative estimate of drug-likeness (QED) is 0.743. The monoisotopic (exact) mass is 410 g/mol. The molecule has 152 valence electrons. The summed E-state index contributed by atoms with van der Waals surface area (Å²) < 4.78 is 27.8. The summed E-state index contributed by atoms with van der Waals surface area (Å²) in [6.45, 7) is 1.65. The predicted octanol–water partition coefficient (Wildman–Crippen LogP) is 1.13. The molecule has 0 aromatic heterocycles. The Labute approximate surface area is 172 Å². The van der Waals surface area contributed by atoms with Crippen molar-refractivity contribution in [2.24, 2.45) is 0 Å². The molecular formula is C23H26N2O3S. The van der Waals surface area contributed by atoms with Gasteiger partial charge in [0, 0.05) is 32.6 Å². The van der Waals surface area contributed by atoms with Crippen LogP contribution in [0.5, 0.6) is 0 Å². The van der Waals surface area contributed by atoms with E-state index in [9.17, 15) is 13.2 Å². The number of hydrogen-bond acceptors (Lipinski definition) is 3. The maximum atomic E-state index is 13.1. The molecule has 1 aliphatic carbocycles. The van der Waals surface area contributed by atoms with Crippen LogP contribution in [0.25, 0.3) is 12.2 Å². The van der Waals surface area contributed by atoms with E-state index in [4.69, 9.17) is 0 Å². The van der Waals surface area contributed by atoms with Crippen molar-refractivity contribution in [3.63, 3.8) is 0 Å². The molecule has 0 bridgehead atoms. The lowest BCUT2D eigenvalue weighted by Gasteiger charge is -2.35. The van der Waals surface area contributed by atoms with Crippen molar-refractivity contribution in [2.75, 3.05) is 26.2 Å². The van der Waals surface area contributed by atoms with Gasteiger partial charge in [0.25, 0.3) is 0 Å². The molecule has 2 aromatic carbocycles. The van der Waals surface area contributed by atoms with Gasteiger partial charge in [0.2, 0.25) is 15.9 Å². The summed E-state index contributed by atoms with van der Waals surface area (Å²) >= 11 is 0. The average Bonchev–Trinajstić information content (AvgIpc) is 2.78. The zero-order valence-corrected chi connectivity index (χ0v) is 17.2. The van der Waals surface area contributed by atoms with Crippen LogP contribution in [0.3, 0.4) is 0 Å². The summed E-state index contributed by atoms with van der Waals surface area (Å²) in [7, 11) is -3.42. The fourth-order valence-electron chi connectivity index (χ4n) is 4.01. The molecule has 4 rings (SSSR count). The number of piperazine rings is 1. The molecule has 0 saturated carbocycles. The Morgan fingerprint density at radius 2 is 1.55 bits per heavy atom. The molecule has 1 saturated heterocycles. The summed E-state index contributed by atoms with van der Waals surface area (Å²) in [6, 6.07) is 17.8. The van der Waals surface area contributed by atoms with Crippen LogP contribution in [-0.4, -0.2) is 55.0 Å². The Bertz CT molecular complexity index is 1090. The van der Waals surface area contributed by atoms with Gasteiger partial charge in [0.05, 0.1) is 5.25 Å². The number of benzene rings is 2. The van der Waals surface area contributed by atoms with Crippen molar-refractivity contribution >= 4 is 28.1 Å².